The Morgan fingerprint density at radius 1 is 0.286 bits per heavy atom. The van der Waals surface area contributed by atoms with E-state index < -0.39 is 0 Å². The molecule has 0 amide bonds. The minimum Gasteiger partial charge on any atom is -0.399 e. The largest absolute Gasteiger partial charge is 0.399 e. The van der Waals surface area contributed by atoms with E-state index in [0.717, 1.165) is 11.4 Å². The molecule has 70 heavy (non-hydrogen) atoms. The van der Waals surface area contributed by atoms with Gasteiger partial charge in [-0.2, -0.15) is 0 Å². The molecule has 2 nitrogen and oxygen atoms in total. The summed E-state index contributed by atoms with van der Waals surface area (Å²) in [5.41, 5.74) is 27.5. The molecule has 2 N–H and O–H groups in total. The van der Waals surface area contributed by atoms with Crippen molar-refractivity contribution >= 4 is 59.8 Å². The Balaban J connectivity index is 1.03. The molecule has 330 valence electrons. The van der Waals surface area contributed by atoms with Gasteiger partial charge in [-0.15, -0.1) is 0 Å². The van der Waals surface area contributed by atoms with Crippen LogP contribution >= 0.6 is 0 Å². The zero-order valence-electron chi connectivity index (χ0n) is 39.1. The number of hydrogen-bond acceptors (Lipinski definition) is 1. The van der Waals surface area contributed by atoms with Crippen LogP contribution in [0.25, 0.3) is 127 Å². The number of nitrogens with two attached hydrogens (primary N) is 1. The Labute approximate surface area is 408 Å². The fourth-order valence-electron chi connectivity index (χ4n) is 11.4. The fourth-order valence-corrected chi connectivity index (χ4v) is 11.4. The smallest absolute Gasteiger partial charge is 0.0541 e. The van der Waals surface area contributed by atoms with E-state index in [4.69, 9.17) is 5.73 Å². The van der Waals surface area contributed by atoms with Crippen molar-refractivity contribution in [1.82, 2.24) is 4.57 Å². The lowest BCUT2D eigenvalue weighted by Gasteiger charge is -2.17. The summed E-state index contributed by atoms with van der Waals surface area (Å²) in [6.07, 6.45) is 0. The van der Waals surface area contributed by atoms with Crippen LogP contribution < -0.4 is 5.73 Å². The van der Waals surface area contributed by atoms with Crippen molar-refractivity contribution < 1.29 is 0 Å². The van der Waals surface area contributed by atoms with E-state index in [9.17, 15) is 0 Å². The molecule has 0 aliphatic rings. The van der Waals surface area contributed by atoms with Crippen molar-refractivity contribution in [3.8, 4) is 72.4 Å². The van der Waals surface area contributed by atoms with Gasteiger partial charge in [0.1, 0.15) is 0 Å². The minimum absolute atomic E-state index is 0.780. The Kier molecular flexibility index (Phi) is 9.81. The lowest BCUT2D eigenvalue weighted by atomic mass is 9.88. The first-order valence-corrected chi connectivity index (χ1v) is 24.2. The molecule has 13 rings (SSSR count). The van der Waals surface area contributed by atoms with Gasteiger partial charge in [0.15, 0.2) is 0 Å². The van der Waals surface area contributed by atoms with Gasteiger partial charge in [-0.25, -0.2) is 0 Å². The number of hydrogen-bond donors (Lipinski definition) is 1. The molecular weight excluding hydrogens is 845 g/mol. The summed E-state index contributed by atoms with van der Waals surface area (Å²) < 4.78 is 2.47. The predicted molar refractivity (Wildman–Crippen MR) is 300 cm³/mol. The SMILES string of the molecule is Cc1cc(N)ccc1-c1cccc2cccc(-c3ccc(-n4c5ccc(-c6cccc7cccc(-c8ccccc8)c67)cc5c5cc(-c6cccc7cccc(-c8ccccc8)c67)ccc54)cc3C)c12. The summed E-state index contributed by atoms with van der Waals surface area (Å²) in [7, 11) is 0. The van der Waals surface area contributed by atoms with Crippen LogP contribution in [0.1, 0.15) is 11.1 Å². The molecule has 0 spiro atoms. The molecule has 2 heteroatoms. The highest BCUT2D eigenvalue weighted by molar-refractivity contribution is 6.15. The molecule has 0 aliphatic heterocycles. The highest BCUT2D eigenvalue weighted by Crippen LogP contribution is 2.44. The Morgan fingerprint density at radius 2 is 0.671 bits per heavy atom. The number of aromatic nitrogens is 1. The van der Waals surface area contributed by atoms with Crippen LogP contribution in [0.3, 0.4) is 0 Å². The van der Waals surface area contributed by atoms with E-state index in [1.54, 1.807) is 0 Å². The molecule has 1 heterocycles. The molecule has 0 aliphatic carbocycles. The number of benzene rings is 12. The predicted octanol–water partition coefficient (Wildman–Crippen LogP) is 18.4. The van der Waals surface area contributed by atoms with E-state index >= 15 is 0 Å². The number of rotatable bonds is 7. The van der Waals surface area contributed by atoms with E-state index in [0.29, 0.717) is 0 Å². The summed E-state index contributed by atoms with van der Waals surface area (Å²) in [5, 5.41) is 9.87. The highest BCUT2D eigenvalue weighted by Gasteiger charge is 2.20. The van der Waals surface area contributed by atoms with Crippen molar-refractivity contribution in [2.24, 2.45) is 0 Å². The van der Waals surface area contributed by atoms with Crippen molar-refractivity contribution in [3.63, 3.8) is 0 Å². The number of fused-ring (bicyclic) bond motifs is 6. The van der Waals surface area contributed by atoms with Gasteiger partial charge in [0.2, 0.25) is 0 Å². The molecular formula is C68H48N2. The molecule has 0 unspecified atom stereocenters. The van der Waals surface area contributed by atoms with Crippen LogP contribution in [0.15, 0.2) is 243 Å². The van der Waals surface area contributed by atoms with E-state index in [1.165, 1.54) is 132 Å². The first-order valence-electron chi connectivity index (χ1n) is 24.2. The Bertz CT molecular complexity index is 4000. The average Bonchev–Trinajstić information content (AvgIpc) is 3.73. The van der Waals surface area contributed by atoms with Crippen molar-refractivity contribution in [2.75, 3.05) is 5.73 Å². The van der Waals surface area contributed by atoms with Crippen LogP contribution in [-0.2, 0) is 0 Å². The molecule has 13 aromatic rings. The Hall–Kier alpha value is -8.98. The first kappa shape index (κ1) is 41.2. The van der Waals surface area contributed by atoms with Crippen LogP contribution in [-0.4, -0.2) is 4.57 Å². The molecule has 1 aromatic heterocycles. The summed E-state index contributed by atoms with van der Waals surface area (Å²) in [6.45, 7) is 4.41. The zero-order valence-corrected chi connectivity index (χ0v) is 39.1. The van der Waals surface area contributed by atoms with Gasteiger partial charge in [-0.1, -0.05) is 194 Å². The van der Waals surface area contributed by atoms with Gasteiger partial charge in [0.05, 0.1) is 11.0 Å². The molecule has 12 aromatic carbocycles. The zero-order chi connectivity index (χ0) is 46.9. The lowest BCUT2D eigenvalue weighted by Crippen LogP contribution is -1.96. The van der Waals surface area contributed by atoms with Gasteiger partial charge < -0.3 is 10.3 Å². The number of nitrogen functional groups attached to an aromatic ring is 1. The normalized spacial score (nSPS) is 11.6. The topological polar surface area (TPSA) is 30.9 Å². The van der Waals surface area contributed by atoms with Gasteiger partial charge in [0.25, 0.3) is 0 Å². The average molecular weight is 893 g/mol. The third-order valence-corrected chi connectivity index (χ3v) is 14.6. The van der Waals surface area contributed by atoms with Crippen LogP contribution in [0.4, 0.5) is 5.69 Å². The molecule has 0 fully saturated rings. The molecule has 0 bridgehead atoms. The maximum absolute atomic E-state index is 6.24. The van der Waals surface area contributed by atoms with E-state index in [2.05, 4.69) is 255 Å². The maximum atomic E-state index is 6.24. The van der Waals surface area contributed by atoms with E-state index in [1.807, 2.05) is 6.07 Å². The minimum atomic E-state index is 0.780. The second-order valence-electron chi connectivity index (χ2n) is 18.7. The molecule has 0 saturated carbocycles. The third-order valence-electron chi connectivity index (χ3n) is 14.6. The number of anilines is 1. The van der Waals surface area contributed by atoms with Crippen molar-refractivity contribution in [1.29, 1.82) is 0 Å². The first-order chi connectivity index (χ1) is 34.5. The van der Waals surface area contributed by atoms with Gasteiger partial charge in [0, 0.05) is 22.1 Å². The molecule has 0 saturated heterocycles. The quantitative estimate of drug-likeness (QED) is 0.159. The summed E-state index contributed by atoms with van der Waals surface area (Å²) in [4.78, 5) is 0. The van der Waals surface area contributed by atoms with Gasteiger partial charge in [-0.3, -0.25) is 0 Å². The van der Waals surface area contributed by atoms with Crippen molar-refractivity contribution in [3.05, 3.63) is 254 Å². The second-order valence-corrected chi connectivity index (χ2v) is 18.7. The van der Waals surface area contributed by atoms with Crippen LogP contribution in [0, 0.1) is 13.8 Å². The Morgan fingerprint density at radius 3 is 1.10 bits per heavy atom. The summed E-state index contributed by atoms with van der Waals surface area (Å²) >= 11 is 0. The number of nitrogens with zero attached hydrogens (tertiary/aromatic N) is 1. The van der Waals surface area contributed by atoms with E-state index in [-0.39, 0.29) is 0 Å². The molecule has 0 atom stereocenters. The monoisotopic (exact) mass is 892 g/mol. The fraction of sp³-hybridized carbons (Fsp3) is 0.0294. The van der Waals surface area contributed by atoms with Crippen LogP contribution in [0.5, 0.6) is 0 Å². The van der Waals surface area contributed by atoms with Gasteiger partial charge >= 0.3 is 0 Å². The molecule has 0 radical (unpaired) electrons. The van der Waals surface area contributed by atoms with Crippen molar-refractivity contribution in [2.45, 2.75) is 13.8 Å². The third kappa shape index (κ3) is 6.79. The summed E-state index contributed by atoms with van der Waals surface area (Å²) in [5.74, 6) is 0. The maximum Gasteiger partial charge on any atom is 0.0541 e. The second kappa shape index (κ2) is 16.7. The number of aryl methyl sites for hydroxylation is 2. The lowest BCUT2D eigenvalue weighted by molar-refractivity contribution is 1.17. The summed E-state index contributed by atoms with van der Waals surface area (Å²) in [6, 6.07) is 89.1. The highest BCUT2D eigenvalue weighted by atomic mass is 15.0. The van der Waals surface area contributed by atoms with Gasteiger partial charge in [-0.05, 0) is 173 Å². The van der Waals surface area contributed by atoms with Crippen LogP contribution in [0.2, 0.25) is 0 Å². The standard InChI is InChI=1S/C68H48N2/c1-43-39-52(69)33-35-54(43)60-29-13-23-49-24-14-30-61(68(49)60)55-36-34-53(40-44(55)2)70-64-37-31-50(58-27-11-21-47-19-9-25-56(66(47)58)45-15-5-3-6-16-45)41-62(64)63-42-51(32-38-65(63)70)59-28-12-22-48-20-10-26-57(67(48)59)46-17-7-4-8-18-46/h3-42H,69H2,1-2H3.